The highest BCUT2D eigenvalue weighted by molar-refractivity contribution is 6.01. The molecule has 5 nitrogen and oxygen atoms in total. The van der Waals surface area contributed by atoms with Crippen LogP contribution in [0.4, 0.5) is 5.69 Å². The summed E-state index contributed by atoms with van der Waals surface area (Å²) < 4.78 is 5.02. The van der Waals surface area contributed by atoms with E-state index >= 15 is 0 Å². The maximum absolute atomic E-state index is 12.4. The van der Waals surface area contributed by atoms with E-state index in [1.807, 2.05) is 25.1 Å². The van der Waals surface area contributed by atoms with E-state index in [-0.39, 0.29) is 18.2 Å². The van der Waals surface area contributed by atoms with Gasteiger partial charge in [0.2, 0.25) is 5.91 Å². The molecule has 1 unspecified atom stereocenters. The molecule has 1 amide bonds. The Morgan fingerprint density at radius 2 is 2.15 bits per heavy atom. The Morgan fingerprint density at radius 3 is 2.80 bits per heavy atom. The van der Waals surface area contributed by atoms with Gasteiger partial charge in [-0.15, -0.1) is 0 Å². The van der Waals surface area contributed by atoms with Crippen LogP contribution in [0.3, 0.4) is 0 Å². The van der Waals surface area contributed by atoms with Crippen molar-refractivity contribution in [2.45, 2.75) is 25.8 Å². The molecule has 1 aromatic carbocycles. The molecule has 0 saturated carbocycles. The van der Waals surface area contributed by atoms with Gasteiger partial charge in [-0.3, -0.25) is 9.69 Å². The number of anilines is 1. The summed E-state index contributed by atoms with van der Waals surface area (Å²) in [5.41, 5.74) is 1.63. The SMILES string of the molecule is COCC(C)CC(=O)N1c2ccccc2C[C@H]1C(=O)O. The summed E-state index contributed by atoms with van der Waals surface area (Å²) in [7, 11) is 1.59. The summed E-state index contributed by atoms with van der Waals surface area (Å²) >= 11 is 0. The number of amides is 1. The predicted molar refractivity (Wildman–Crippen MR) is 74.7 cm³/mol. The number of benzene rings is 1. The Kier molecular flexibility index (Phi) is 4.39. The van der Waals surface area contributed by atoms with Crippen molar-refractivity contribution < 1.29 is 19.4 Å². The third kappa shape index (κ3) is 2.82. The van der Waals surface area contributed by atoms with Crippen molar-refractivity contribution in [2.75, 3.05) is 18.6 Å². The van der Waals surface area contributed by atoms with Crippen molar-refractivity contribution in [1.82, 2.24) is 0 Å². The lowest BCUT2D eigenvalue weighted by Crippen LogP contribution is -2.43. The van der Waals surface area contributed by atoms with Crippen molar-refractivity contribution >= 4 is 17.6 Å². The molecule has 20 heavy (non-hydrogen) atoms. The molecule has 0 saturated heterocycles. The van der Waals surface area contributed by atoms with Crippen molar-refractivity contribution in [3.63, 3.8) is 0 Å². The summed E-state index contributed by atoms with van der Waals surface area (Å²) in [5, 5.41) is 9.32. The van der Waals surface area contributed by atoms with Crippen LogP contribution >= 0.6 is 0 Å². The molecule has 5 heteroatoms. The molecule has 1 heterocycles. The fourth-order valence-corrected chi connectivity index (χ4v) is 2.63. The van der Waals surface area contributed by atoms with Crippen LogP contribution in [0, 0.1) is 5.92 Å². The van der Waals surface area contributed by atoms with Gasteiger partial charge in [-0.05, 0) is 17.5 Å². The molecule has 2 rings (SSSR count). The van der Waals surface area contributed by atoms with Gasteiger partial charge >= 0.3 is 5.97 Å². The van der Waals surface area contributed by atoms with Gasteiger partial charge in [0.25, 0.3) is 0 Å². The lowest BCUT2D eigenvalue weighted by atomic mass is 10.1. The Balaban J connectivity index is 2.22. The van der Waals surface area contributed by atoms with Gasteiger partial charge in [0, 0.05) is 32.2 Å². The summed E-state index contributed by atoms with van der Waals surface area (Å²) in [5.74, 6) is -1.06. The minimum absolute atomic E-state index is 0.0645. The molecule has 0 fully saturated rings. The number of para-hydroxylation sites is 1. The fourth-order valence-electron chi connectivity index (χ4n) is 2.63. The van der Waals surface area contributed by atoms with Crippen LogP contribution in [0.25, 0.3) is 0 Å². The zero-order valence-electron chi connectivity index (χ0n) is 11.7. The number of hydrogen-bond donors (Lipinski definition) is 1. The summed E-state index contributed by atoms with van der Waals surface area (Å²) in [4.78, 5) is 25.2. The van der Waals surface area contributed by atoms with Gasteiger partial charge in [-0.1, -0.05) is 25.1 Å². The first-order valence-electron chi connectivity index (χ1n) is 6.66. The first-order chi connectivity index (χ1) is 9.54. The maximum atomic E-state index is 12.4. The second kappa shape index (κ2) is 6.05. The molecule has 1 aliphatic rings. The van der Waals surface area contributed by atoms with Crippen LogP contribution in [0.5, 0.6) is 0 Å². The van der Waals surface area contributed by atoms with E-state index in [2.05, 4.69) is 0 Å². The average molecular weight is 277 g/mol. The Bertz CT molecular complexity index is 514. The van der Waals surface area contributed by atoms with Crippen LogP contribution in [0.15, 0.2) is 24.3 Å². The number of rotatable bonds is 5. The largest absolute Gasteiger partial charge is 0.480 e. The van der Waals surface area contributed by atoms with E-state index in [0.717, 1.165) is 11.3 Å². The van der Waals surface area contributed by atoms with Gasteiger partial charge < -0.3 is 9.84 Å². The highest BCUT2D eigenvalue weighted by Crippen LogP contribution is 2.33. The van der Waals surface area contributed by atoms with Crippen LogP contribution < -0.4 is 4.90 Å². The first kappa shape index (κ1) is 14.5. The highest BCUT2D eigenvalue weighted by Gasteiger charge is 2.38. The van der Waals surface area contributed by atoms with E-state index in [0.29, 0.717) is 13.0 Å². The molecule has 0 bridgehead atoms. The zero-order valence-corrected chi connectivity index (χ0v) is 11.7. The minimum Gasteiger partial charge on any atom is -0.480 e. The number of ether oxygens (including phenoxy) is 1. The van der Waals surface area contributed by atoms with Crippen molar-refractivity contribution in [3.05, 3.63) is 29.8 Å². The number of nitrogens with zero attached hydrogens (tertiary/aromatic N) is 1. The lowest BCUT2D eigenvalue weighted by molar-refractivity contribution is -0.140. The number of methoxy groups -OCH3 is 1. The summed E-state index contributed by atoms with van der Waals surface area (Å²) in [6.07, 6.45) is 0.655. The fraction of sp³-hybridized carbons (Fsp3) is 0.467. The molecule has 0 aliphatic carbocycles. The number of hydrogen-bond acceptors (Lipinski definition) is 3. The smallest absolute Gasteiger partial charge is 0.327 e. The van der Waals surface area contributed by atoms with Gasteiger partial charge in [0.05, 0.1) is 0 Å². The van der Waals surface area contributed by atoms with Gasteiger partial charge in [-0.2, -0.15) is 0 Å². The van der Waals surface area contributed by atoms with E-state index < -0.39 is 12.0 Å². The van der Waals surface area contributed by atoms with E-state index in [1.54, 1.807) is 13.2 Å². The number of carbonyl (C=O) groups excluding carboxylic acids is 1. The lowest BCUT2D eigenvalue weighted by Gasteiger charge is -2.24. The Hall–Kier alpha value is -1.88. The van der Waals surface area contributed by atoms with Crippen molar-refractivity contribution in [1.29, 1.82) is 0 Å². The quantitative estimate of drug-likeness (QED) is 0.889. The molecule has 1 aliphatic heterocycles. The van der Waals surface area contributed by atoms with Gasteiger partial charge in [0.1, 0.15) is 6.04 Å². The minimum atomic E-state index is -0.964. The molecule has 0 spiro atoms. The van der Waals surface area contributed by atoms with E-state index in [4.69, 9.17) is 4.74 Å². The molecule has 0 aromatic heterocycles. The molecule has 2 atom stereocenters. The number of carboxylic acid groups (broad SMARTS) is 1. The first-order valence-corrected chi connectivity index (χ1v) is 6.66. The van der Waals surface area contributed by atoms with Crippen LogP contribution in [-0.4, -0.2) is 36.7 Å². The third-order valence-corrected chi connectivity index (χ3v) is 3.50. The Labute approximate surface area is 118 Å². The molecule has 1 N–H and O–H groups in total. The van der Waals surface area contributed by atoms with Gasteiger partial charge in [0.15, 0.2) is 0 Å². The second-order valence-electron chi connectivity index (χ2n) is 5.22. The highest BCUT2D eigenvalue weighted by atomic mass is 16.5. The molecule has 108 valence electrons. The van der Waals surface area contributed by atoms with E-state index in [1.165, 1.54) is 4.90 Å². The average Bonchev–Trinajstić information content (AvgIpc) is 2.78. The summed E-state index contributed by atoms with van der Waals surface area (Å²) in [6.45, 7) is 2.40. The molecule has 1 aromatic rings. The maximum Gasteiger partial charge on any atom is 0.327 e. The van der Waals surface area contributed by atoms with Gasteiger partial charge in [-0.25, -0.2) is 4.79 Å². The number of carboxylic acids is 1. The molecular formula is C15H19NO4. The topological polar surface area (TPSA) is 66.8 Å². The zero-order chi connectivity index (χ0) is 14.7. The summed E-state index contributed by atoms with van der Waals surface area (Å²) in [6, 6.07) is 6.56. The normalized spacial score (nSPS) is 18.7. The Morgan fingerprint density at radius 1 is 1.45 bits per heavy atom. The monoisotopic (exact) mass is 277 g/mol. The predicted octanol–water partition coefficient (Wildman–Crippen LogP) is 1.70. The number of carbonyl (C=O) groups is 2. The van der Waals surface area contributed by atoms with Crippen molar-refractivity contribution in [3.8, 4) is 0 Å². The van der Waals surface area contributed by atoms with Crippen molar-refractivity contribution in [2.24, 2.45) is 5.92 Å². The van der Waals surface area contributed by atoms with Crippen LogP contribution in [-0.2, 0) is 20.7 Å². The number of aliphatic carboxylic acids is 1. The molecular weight excluding hydrogens is 258 g/mol. The third-order valence-electron chi connectivity index (χ3n) is 3.50. The number of fused-ring (bicyclic) bond motifs is 1. The van der Waals surface area contributed by atoms with Crippen LogP contribution in [0.1, 0.15) is 18.9 Å². The second-order valence-corrected chi connectivity index (χ2v) is 5.22. The van der Waals surface area contributed by atoms with E-state index in [9.17, 15) is 14.7 Å². The molecule has 0 radical (unpaired) electrons. The standard InChI is InChI=1S/C15H19NO4/c1-10(9-20-2)7-14(17)16-12-6-4-3-5-11(12)8-13(16)15(18)19/h3-6,10,13H,7-9H2,1-2H3,(H,18,19)/t10?,13-/m0/s1. The van der Waals surface area contributed by atoms with Crippen LogP contribution in [0.2, 0.25) is 0 Å².